The van der Waals surface area contributed by atoms with Gasteiger partial charge in [-0.2, -0.15) is 0 Å². The predicted molar refractivity (Wildman–Crippen MR) is 58.0 cm³/mol. The van der Waals surface area contributed by atoms with E-state index in [4.69, 9.17) is 17.3 Å². The van der Waals surface area contributed by atoms with E-state index in [0.29, 0.717) is 22.1 Å². The molecule has 3 nitrogen and oxygen atoms in total. The maximum atomic E-state index is 13.1. The number of hydrogen-bond acceptors (Lipinski definition) is 2. The van der Waals surface area contributed by atoms with E-state index in [2.05, 4.69) is 4.98 Å². The molecule has 1 heterocycles. The third kappa shape index (κ3) is 1.80. The second-order valence-electron chi connectivity index (χ2n) is 3.25. The van der Waals surface area contributed by atoms with Crippen LogP contribution in [0.3, 0.4) is 0 Å². The molecule has 0 saturated carbocycles. The number of rotatable bonds is 1. The number of benzene rings is 1. The third-order valence-electron chi connectivity index (χ3n) is 2.12. The first-order valence-electron chi connectivity index (χ1n) is 4.31. The molecule has 2 N–H and O–H groups in total. The van der Waals surface area contributed by atoms with Gasteiger partial charge in [0, 0.05) is 17.6 Å². The van der Waals surface area contributed by atoms with Gasteiger partial charge in [-0.05, 0) is 18.2 Å². The minimum atomic E-state index is -0.400. The summed E-state index contributed by atoms with van der Waals surface area (Å²) < 4.78 is 14.8. The maximum absolute atomic E-state index is 13.1. The number of nitrogens with zero attached hydrogens (tertiary/aromatic N) is 2. The van der Waals surface area contributed by atoms with Crippen LogP contribution in [0.1, 0.15) is 0 Å². The van der Waals surface area contributed by atoms with Crippen LogP contribution in [0.25, 0.3) is 11.3 Å². The Morgan fingerprint density at radius 1 is 1.40 bits per heavy atom. The zero-order valence-corrected chi connectivity index (χ0v) is 8.79. The number of imidazole rings is 1. The molecule has 2 aromatic rings. The Kier molecular flexibility index (Phi) is 2.36. The molecule has 0 saturated heterocycles. The lowest BCUT2D eigenvalue weighted by Gasteiger charge is -2.01. The quantitative estimate of drug-likeness (QED) is 0.810. The van der Waals surface area contributed by atoms with Gasteiger partial charge in [-0.15, -0.1) is 0 Å². The van der Waals surface area contributed by atoms with Crippen molar-refractivity contribution in [3.8, 4) is 11.3 Å². The maximum Gasteiger partial charge on any atom is 0.131 e. The van der Waals surface area contributed by atoms with E-state index in [1.807, 2.05) is 0 Å². The zero-order valence-electron chi connectivity index (χ0n) is 8.04. The number of anilines is 1. The fourth-order valence-corrected chi connectivity index (χ4v) is 1.57. The van der Waals surface area contributed by atoms with Crippen molar-refractivity contribution in [3.05, 3.63) is 35.4 Å². The number of hydrogen-bond donors (Lipinski definition) is 1. The Labute approximate surface area is 91.3 Å². The molecule has 15 heavy (non-hydrogen) atoms. The molecule has 0 aliphatic heterocycles. The molecule has 0 fully saturated rings. The predicted octanol–water partition coefficient (Wildman–Crippen LogP) is 2.46. The van der Waals surface area contributed by atoms with E-state index < -0.39 is 5.82 Å². The van der Waals surface area contributed by atoms with Crippen molar-refractivity contribution in [2.45, 2.75) is 0 Å². The molecule has 0 aliphatic rings. The highest BCUT2D eigenvalue weighted by molar-refractivity contribution is 6.30. The summed E-state index contributed by atoms with van der Waals surface area (Å²) in [4.78, 5) is 4.08. The van der Waals surface area contributed by atoms with E-state index in [1.165, 1.54) is 12.1 Å². The van der Waals surface area contributed by atoms with Gasteiger partial charge in [-0.25, -0.2) is 9.37 Å². The molecule has 78 valence electrons. The van der Waals surface area contributed by atoms with Crippen molar-refractivity contribution in [1.82, 2.24) is 9.55 Å². The molecule has 0 bridgehead atoms. The van der Waals surface area contributed by atoms with Crippen LogP contribution in [0.15, 0.2) is 24.5 Å². The summed E-state index contributed by atoms with van der Waals surface area (Å²) in [6, 6.07) is 4.22. The smallest absolute Gasteiger partial charge is 0.131 e. The van der Waals surface area contributed by atoms with Gasteiger partial charge in [0.25, 0.3) is 0 Å². The summed E-state index contributed by atoms with van der Waals surface area (Å²) in [5, 5.41) is 0.329. The van der Waals surface area contributed by atoms with Gasteiger partial charge in [0.2, 0.25) is 0 Å². The number of halogens is 2. The molecule has 0 spiro atoms. The van der Waals surface area contributed by atoms with Gasteiger partial charge >= 0.3 is 0 Å². The third-order valence-corrected chi connectivity index (χ3v) is 2.34. The first-order chi connectivity index (χ1) is 7.08. The highest BCUT2D eigenvalue weighted by Crippen LogP contribution is 2.26. The van der Waals surface area contributed by atoms with Crippen LogP contribution in [0.4, 0.5) is 10.2 Å². The van der Waals surface area contributed by atoms with Crippen LogP contribution in [0.5, 0.6) is 0 Å². The molecule has 1 aromatic carbocycles. The number of nitrogen functional groups attached to an aromatic ring is 1. The zero-order chi connectivity index (χ0) is 11.0. The Hall–Kier alpha value is -1.55. The first-order valence-corrected chi connectivity index (χ1v) is 4.69. The van der Waals surface area contributed by atoms with Crippen LogP contribution < -0.4 is 5.73 Å². The van der Waals surface area contributed by atoms with E-state index in [-0.39, 0.29) is 0 Å². The molecule has 0 atom stereocenters. The molecular formula is C10H9ClFN3. The minimum absolute atomic E-state index is 0.329. The van der Waals surface area contributed by atoms with Gasteiger partial charge in [-0.1, -0.05) is 11.6 Å². The van der Waals surface area contributed by atoms with Crippen molar-refractivity contribution in [3.63, 3.8) is 0 Å². The average molecular weight is 226 g/mol. The van der Waals surface area contributed by atoms with Crippen LogP contribution in [-0.4, -0.2) is 9.55 Å². The van der Waals surface area contributed by atoms with E-state index in [0.717, 1.165) is 0 Å². The summed E-state index contributed by atoms with van der Waals surface area (Å²) in [5.41, 5.74) is 6.89. The first kappa shape index (κ1) is 9.98. The minimum Gasteiger partial charge on any atom is -0.383 e. The second kappa shape index (κ2) is 3.55. The topological polar surface area (TPSA) is 43.8 Å². The molecule has 1 aromatic heterocycles. The van der Waals surface area contributed by atoms with Crippen molar-refractivity contribution in [2.75, 3.05) is 5.73 Å². The largest absolute Gasteiger partial charge is 0.383 e. The second-order valence-corrected chi connectivity index (χ2v) is 3.68. The molecular weight excluding hydrogens is 217 g/mol. The van der Waals surface area contributed by atoms with Gasteiger partial charge in [0.15, 0.2) is 0 Å². The fourth-order valence-electron chi connectivity index (χ4n) is 1.35. The number of aromatic nitrogens is 2. The summed E-state index contributed by atoms with van der Waals surface area (Å²) in [6.45, 7) is 0. The van der Waals surface area contributed by atoms with Gasteiger partial charge in [0.05, 0.1) is 6.33 Å². The highest BCUT2D eigenvalue weighted by Gasteiger charge is 2.09. The monoisotopic (exact) mass is 225 g/mol. The van der Waals surface area contributed by atoms with Crippen molar-refractivity contribution in [2.24, 2.45) is 7.05 Å². The number of aryl methyl sites for hydroxylation is 1. The van der Waals surface area contributed by atoms with Crippen molar-refractivity contribution in [1.29, 1.82) is 0 Å². The van der Waals surface area contributed by atoms with Crippen molar-refractivity contribution >= 4 is 17.4 Å². The standard InChI is InChI=1S/C10H9ClFN3/c1-15-5-14-9(10(15)13)6-2-7(11)4-8(12)3-6/h2-5H,13H2,1H3. The van der Waals surface area contributed by atoms with Crippen LogP contribution in [0.2, 0.25) is 5.02 Å². The SMILES string of the molecule is Cn1cnc(-c2cc(F)cc(Cl)c2)c1N. The van der Waals surface area contributed by atoms with Crippen LogP contribution in [-0.2, 0) is 7.05 Å². The Morgan fingerprint density at radius 2 is 2.13 bits per heavy atom. The average Bonchev–Trinajstić information content (AvgIpc) is 2.46. The molecule has 5 heteroatoms. The lowest BCUT2D eigenvalue weighted by atomic mass is 10.1. The summed E-state index contributed by atoms with van der Waals surface area (Å²) in [5.74, 6) is 0.0826. The summed E-state index contributed by atoms with van der Waals surface area (Å²) >= 11 is 5.74. The number of nitrogens with two attached hydrogens (primary N) is 1. The summed E-state index contributed by atoms with van der Waals surface area (Å²) in [7, 11) is 1.77. The van der Waals surface area contributed by atoms with Gasteiger partial charge < -0.3 is 10.3 Å². The molecule has 0 unspecified atom stereocenters. The summed E-state index contributed by atoms with van der Waals surface area (Å²) in [6.07, 6.45) is 1.57. The van der Waals surface area contributed by atoms with Crippen molar-refractivity contribution < 1.29 is 4.39 Å². The highest BCUT2D eigenvalue weighted by atomic mass is 35.5. The van der Waals surface area contributed by atoms with Gasteiger partial charge in [0.1, 0.15) is 17.3 Å². The Morgan fingerprint density at radius 3 is 2.67 bits per heavy atom. The normalized spacial score (nSPS) is 10.6. The van der Waals surface area contributed by atoms with E-state index >= 15 is 0 Å². The fraction of sp³-hybridized carbons (Fsp3) is 0.100. The van der Waals surface area contributed by atoms with Gasteiger partial charge in [-0.3, -0.25) is 0 Å². The molecule has 0 aliphatic carbocycles. The van der Waals surface area contributed by atoms with Crippen LogP contribution in [0, 0.1) is 5.82 Å². The lowest BCUT2D eigenvalue weighted by molar-refractivity contribution is 0.628. The Bertz CT molecular complexity index is 487. The molecule has 0 amide bonds. The Balaban J connectivity index is 2.58. The molecule has 2 rings (SSSR count). The van der Waals surface area contributed by atoms with E-state index in [9.17, 15) is 4.39 Å². The molecule has 0 radical (unpaired) electrons. The lowest BCUT2D eigenvalue weighted by Crippen LogP contribution is -1.96. The van der Waals surface area contributed by atoms with Crippen LogP contribution >= 0.6 is 11.6 Å². The van der Waals surface area contributed by atoms with E-state index in [1.54, 1.807) is 24.0 Å².